The molecule has 0 radical (unpaired) electrons. The highest BCUT2D eigenvalue weighted by molar-refractivity contribution is 5.97. The summed E-state index contributed by atoms with van der Waals surface area (Å²) in [4.78, 5) is 28.5. The molecule has 0 fully saturated rings. The second-order valence-corrected chi connectivity index (χ2v) is 6.32. The molecule has 1 aromatic carbocycles. The molecular formula is C20H19F2N3O4. The first-order chi connectivity index (χ1) is 13.8. The number of benzene rings is 1. The fourth-order valence-electron chi connectivity index (χ4n) is 2.86. The number of esters is 1. The number of rotatable bonds is 6. The molecule has 0 unspecified atom stereocenters. The van der Waals surface area contributed by atoms with Gasteiger partial charge in [-0.05, 0) is 38.1 Å². The van der Waals surface area contributed by atoms with Crippen molar-refractivity contribution >= 4 is 17.5 Å². The van der Waals surface area contributed by atoms with E-state index in [1.807, 2.05) is 0 Å². The summed E-state index contributed by atoms with van der Waals surface area (Å²) in [6.45, 7) is 2.79. The zero-order chi connectivity index (χ0) is 21.1. The summed E-state index contributed by atoms with van der Waals surface area (Å²) in [6.07, 6.45) is 1.60. The topological polar surface area (TPSA) is 81.9 Å². The number of carbonyl (C=O) groups is 2. The van der Waals surface area contributed by atoms with Crippen molar-refractivity contribution in [1.29, 1.82) is 0 Å². The number of pyridine rings is 1. The maximum Gasteiger partial charge on any atom is 0.328 e. The molecule has 0 spiro atoms. The van der Waals surface area contributed by atoms with Gasteiger partial charge in [0, 0.05) is 6.20 Å². The lowest BCUT2D eigenvalue weighted by molar-refractivity contribution is -0.142. The lowest BCUT2D eigenvalue weighted by Crippen LogP contribution is -2.39. The lowest BCUT2D eigenvalue weighted by Gasteiger charge is -2.12. The van der Waals surface area contributed by atoms with Crippen LogP contribution in [0, 0.1) is 18.6 Å². The summed E-state index contributed by atoms with van der Waals surface area (Å²) in [5, 5.41) is 2.54. The second-order valence-electron chi connectivity index (χ2n) is 6.32. The molecule has 1 atom stereocenters. The zero-order valence-corrected chi connectivity index (χ0v) is 16.0. The summed E-state index contributed by atoms with van der Waals surface area (Å²) in [5.74, 6) is -2.29. The quantitative estimate of drug-likeness (QED) is 0.640. The number of hydrogen-bond acceptors (Lipinski definition) is 5. The number of nitrogens with one attached hydrogen (secondary N) is 1. The fraction of sp³-hybridized carbons (Fsp3) is 0.250. The van der Waals surface area contributed by atoms with Crippen LogP contribution in [0.4, 0.5) is 8.78 Å². The standard InChI is InChI=1S/C20H19F2N3O4/c1-11-17(19(26)24-12(2)20(27)28-3)25-9-5-8-16(18(25)23-11)29-10-13-14(21)6-4-7-15(13)22/h4-9,12H,10H2,1-3H3,(H,24,26)/t12-/m1/s1. The minimum Gasteiger partial charge on any atom is -0.485 e. The van der Waals surface area contributed by atoms with Crippen molar-refractivity contribution in [3.63, 3.8) is 0 Å². The Hall–Kier alpha value is -3.49. The molecule has 0 bridgehead atoms. The van der Waals surface area contributed by atoms with Gasteiger partial charge in [-0.15, -0.1) is 0 Å². The third-order valence-electron chi connectivity index (χ3n) is 4.34. The normalized spacial score (nSPS) is 11.9. The van der Waals surface area contributed by atoms with Gasteiger partial charge in [0.15, 0.2) is 11.4 Å². The Balaban J connectivity index is 1.89. The van der Waals surface area contributed by atoms with E-state index < -0.39 is 29.6 Å². The first kappa shape index (κ1) is 20.2. The molecule has 29 heavy (non-hydrogen) atoms. The van der Waals surface area contributed by atoms with E-state index in [1.165, 1.54) is 24.5 Å². The summed E-state index contributed by atoms with van der Waals surface area (Å²) in [7, 11) is 1.23. The van der Waals surface area contributed by atoms with E-state index in [1.54, 1.807) is 25.3 Å². The first-order valence-corrected chi connectivity index (χ1v) is 8.75. The van der Waals surface area contributed by atoms with E-state index in [2.05, 4.69) is 15.0 Å². The largest absolute Gasteiger partial charge is 0.485 e. The van der Waals surface area contributed by atoms with E-state index >= 15 is 0 Å². The van der Waals surface area contributed by atoms with Crippen LogP contribution in [0.3, 0.4) is 0 Å². The van der Waals surface area contributed by atoms with E-state index in [0.29, 0.717) is 11.3 Å². The van der Waals surface area contributed by atoms with Gasteiger partial charge in [-0.2, -0.15) is 0 Å². The molecule has 3 rings (SSSR count). The monoisotopic (exact) mass is 403 g/mol. The fourth-order valence-corrected chi connectivity index (χ4v) is 2.86. The maximum atomic E-state index is 13.8. The van der Waals surface area contributed by atoms with Gasteiger partial charge in [0.05, 0.1) is 18.4 Å². The van der Waals surface area contributed by atoms with Crippen LogP contribution in [0.1, 0.15) is 28.7 Å². The van der Waals surface area contributed by atoms with Gasteiger partial charge in [-0.25, -0.2) is 18.6 Å². The molecule has 2 aromatic heterocycles. The number of nitrogens with zero attached hydrogens (tertiary/aromatic N) is 2. The third kappa shape index (κ3) is 4.03. The number of carbonyl (C=O) groups excluding carboxylic acids is 2. The Morgan fingerprint density at radius 3 is 2.55 bits per heavy atom. The highest BCUT2D eigenvalue weighted by Crippen LogP contribution is 2.24. The van der Waals surface area contributed by atoms with Crippen molar-refractivity contribution in [3.05, 3.63) is 65.1 Å². The highest BCUT2D eigenvalue weighted by atomic mass is 19.1. The van der Waals surface area contributed by atoms with Crippen LogP contribution in [0.15, 0.2) is 36.5 Å². The highest BCUT2D eigenvalue weighted by Gasteiger charge is 2.23. The predicted octanol–water partition coefficient (Wildman–Crippen LogP) is 2.79. The van der Waals surface area contributed by atoms with Gasteiger partial charge in [0.25, 0.3) is 5.91 Å². The average Bonchev–Trinajstić information content (AvgIpc) is 3.03. The van der Waals surface area contributed by atoms with Crippen molar-refractivity contribution in [1.82, 2.24) is 14.7 Å². The first-order valence-electron chi connectivity index (χ1n) is 8.75. The molecule has 0 aliphatic heterocycles. The van der Waals surface area contributed by atoms with Crippen molar-refractivity contribution in [2.45, 2.75) is 26.5 Å². The summed E-state index contributed by atoms with van der Waals surface area (Å²) >= 11 is 0. The van der Waals surface area contributed by atoms with Crippen LogP contribution in [0.25, 0.3) is 5.65 Å². The molecule has 7 nitrogen and oxygen atoms in total. The summed E-state index contributed by atoms with van der Waals surface area (Å²) in [6, 6.07) is 5.91. The van der Waals surface area contributed by atoms with Crippen LogP contribution < -0.4 is 10.1 Å². The number of fused-ring (bicyclic) bond motifs is 1. The van der Waals surface area contributed by atoms with Gasteiger partial charge in [0.2, 0.25) is 0 Å². The van der Waals surface area contributed by atoms with Gasteiger partial charge < -0.3 is 14.8 Å². The van der Waals surface area contributed by atoms with E-state index in [-0.39, 0.29) is 23.6 Å². The Labute approximate surface area is 165 Å². The lowest BCUT2D eigenvalue weighted by atomic mass is 10.2. The van der Waals surface area contributed by atoms with Gasteiger partial charge in [0.1, 0.15) is 30.0 Å². The number of aryl methyl sites for hydroxylation is 1. The van der Waals surface area contributed by atoms with Crippen LogP contribution in [-0.4, -0.2) is 34.4 Å². The number of halogens is 2. The average molecular weight is 403 g/mol. The number of ether oxygens (including phenoxy) is 2. The number of imidazole rings is 1. The SMILES string of the molecule is COC(=O)[C@@H](C)NC(=O)c1c(C)nc2c(OCc3c(F)cccc3F)cccn12. The minimum absolute atomic E-state index is 0.206. The molecule has 0 saturated heterocycles. The molecule has 0 saturated carbocycles. The number of hydrogen-bond donors (Lipinski definition) is 1. The predicted molar refractivity (Wildman–Crippen MR) is 99.6 cm³/mol. The maximum absolute atomic E-state index is 13.8. The van der Waals surface area contributed by atoms with Gasteiger partial charge >= 0.3 is 5.97 Å². The molecule has 3 aromatic rings. The van der Waals surface area contributed by atoms with E-state index in [0.717, 1.165) is 12.1 Å². The number of aromatic nitrogens is 2. The van der Waals surface area contributed by atoms with Gasteiger partial charge in [-0.1, -0.05) is 6.07 Å². The van der Waals surface area contributed by atoms with Crippen molar-refractivity contribution in [2.75, 3.05) is 7.11 Å². The molecule has 0 aliphatic rings. The number of amides is 1. The molecule has 9 heteroatoms. The Bertz CT molecular complexity index is 1060. The minimum atomic E-state index is -0.846. The Morgan fingerprint density at radius 1 is 1.21 bits per heavy atom. The smallest absolute Gasteiger partial charge is 0.328 e. The van der Waals surface area contributed by atoms with Crippen LogP contribution >= 0.6 is 0 Å². The van der Waals surface area contributed by atoms with Crippen LogP contribution in [0.5, 0.6) is 5.75 Å². The molecule has 1 N–H and O–H groups in total. The molecule has 2 heterocycles. The molecule has 152 valence electrons. The summed E-state index contributed by atoms with van der Waals surface area (Å²) < 4.78 is 39.3. The van der Waals surface area contributed by atoms with Crippen molar-refractivity contribution < 1.29 is 27.8 Å². The Morgan fingerprint density at radius 2 is 1.90 bits per heavy atom. The van der Waals surface area contributed by atoms with Gasteiger partial charge in [-0.3, -0.25) is 9.20 Å². The molecule has 0 aliphatic carbocycles. The van der Waals surface area contributed by atoms with Crippen molar-refractivity contribution in [2.24, 2.45) is 0 Å². The van der Waals surface area contributed by atoms with E-state index in [9.17, 15) is 18.4 Å². The number of methoxy groups -OCH3 is 1. The molecular weight excluding hydrogens is 384 g/mol. The molecule has 1 amide bonds. The van der Waals surface area contributed by atoms with E-state index in [4.69, 9.17) is 4.74 Å². The third-order valence-corrected chi connectivity index (χ3v) is 4.34. The zero-order valence-electron chi connectivity index (χ0n) is 16.0. The summed E-state index contributed by atoms with van der Waals surface area (Å²) in [5.41, 5.74) is 0.700. The second kappa shape index (κ2) is 8.26. The Kier molecular flexibility index (Phi) is 5.76. The van der Waals surface area contributed by atoms with Crippen molar-refractivity contribution in [3.8, 4) is 5.75 Å². The van der Waals surface area contributed by atoms with Crippen LogP contribution in [0.2, 0.25) is 0 Å². The van der Waals surface area contributed by atoms with Crippen LogP contribution in [-0.2, 0) is 16.1 Å².